The molecule has 0 aliphatic rings. The molecule has 1 atom stereocenters. The van der Waals surface area contributed by atoms with E-state index in [1.807, 2.05) is 6.92 Å². The third-order valence-electron chi connectivity index (χ3n) is 2.63. The van der Waals surface area contributed by atoms with E-state index in [4.69, 9.17) is 4.84 Å². The number of imidazole rings is 1. The fraction of sp³-hybridized carbons (Fsp3) is 0.231. The van der Waals surface area contributed by atoms with Crippen LogP contribution in [0.2, 0.25) is 0 Å². The molecule has 0 bridgehead atoms. The Morgan fingerprint density at radius 2 is 2.20 bits per heavy atom. The molecule has 20 heavy (non-hydrogen) atoms. The molecule has 0 saturated carbocycles. The van der Waals surface area contributed by atoms with Crippen LogP contribution in [0.25, 0.3) is 0 Å². The standard InChI is InChI=1S/C13H15FN4O2/c1-2-12(11-7-15-8-16-11)20-18-13(19)17-10-5-3-9(14)4-6-10/h3-8,12H,2H2,1H3,(H,15,16)(H2,17,18,19). The predicted molar refractivity (Wildman–Crippen MR) is 71.3 cm³/mol. The first-order valence-electron chi connectivity index (χ1n) is 6.15. The van der Waals surface area contributed by atoms with Gasteiger partial charge in [-0.2, -0.15) is 0 Å². The van der Waals surface area contributed by atoms with E-state index >= 15 is 0 Å². The summed E-state index contributed by atoms with van der Waals surface area (Å²) >= 11 is 0. The maximum Gasteiger partial charge on any atom is 0.343 e. The maximum absolute atomic E-state index is 12.7. The fourth-order valence-corrected chi connectivity index (χ4v) is 1.62. The van der Waals surface area contributed by atoms with Gasteiger partial charge in [-0.1, -0.05) is 6.92 Å². The van der Waals surface area contributed by atoms with Gasteiger partial charge in [-0.15, -0.1) is 0 Å². The lowest BCUT2D eigenvalue weighted by molar-refractivity contribution is -0.00661. The highest BCUT2D eigenvalue weighted by Gasteiger charge is 2.13. The second-order valence-corrected chi connectivity index (χ2v) is 4.08. The molecule has 1 aromatic carbocycles. The van der Waals surface area contributed by atoms with Crippen molar-refractivity contribution in [2.75, 3.05) is 5.32 Å². The third kappa shape index (κ3) is 3.79. The molecule has 1 aromatic heterocycles. The van der Waals surface area contributed by atoms with Crippen LogP contribution in [0.5, 0.6) is 0 Å². The van der Waals surface area contributed by atoms with Gasteiger partial charge < -0.3 is 10.3 Å². The molecule has 106 valence electrons. The molecular formula is C13H15FN4O2. The third-order valence-corrected chi connectivity index (χ3v) is 2.63. The van der Waals surface area contributed by atoms with E-state index in [9.17, 15) is 9.18 Å². The minimum Gasteiger partial charge on any atom is -0.346 e. The number of rotatable bonds is 5. The molecule has 7 heteroatoms. The molecule has 0 aliphatic carbocycles. The van der Waals surface area contributed by atoms with Crippen LogP contribution >= 0.6 is 0 Å². The SMILES string of the molecule is CCC(ONC(=O)Nc1ccc(F)cc1)c1cnc[nH]1. The topological polar surface area (TPSA) is 79.0 Å². The summed E-state index contributed by atoms with van der Waals surface area (Å²) in [6, 6.07) is 4.91. The largest absolute Gasteiger partial charge is 0.346 e. The van der Waals surface area contributed by atoms with Gasteiger partial charge >= 0.3 is 6.03 Å². The first-order chi connectivity index (χ1) is 9.69. The van der Waals surface area contributed by atoms with Gasteiger partial charge in [0.25, 0.3) is 0 Å². The van der Waals surface area contributed by atoms with Gasteiger partial charge in [-0.25, -0.2) is 19.6 Å². The molecular weight excluding hydrogens is 263 g/mol. The van der Waals surface area contributed by atoms with Crippen molar-refractivity contribution in [3.63, 3.8) is 0 Å². The first-order valence-corrected chi connectivity index (χ1v) is 6.15. The molecule has 2 rings (SSSR count). The van der Waals surface area contributed by atoms with Crippen LogP contribution < -0.4 is 10.8 Å². The number of anilines is 1. The van der Waals surface area contributed by atoms with Gasteiger partial charge in [-0.3, -0.25) is 4.84 Å². The minimum atomic E-state index is -0.533. The summed E-state index contributed by atoms with van der Waals surface area (Å²) in [7, 11) is 0. The van der Waals surface area contributed by atoms with E-state index in [2.05, 4.69) is 20.8 Å². The van der Waals surface area contributed by atoms with Gasteiger partial charge in [0.1, 0.15) is 11.9 Å². The first kappa shape index (κ1) is 14.0. The summed E-state index contributed by atoms with van der Waals surface area (Å²) in [6.07, 6.45) is 3.53. The van der Waals surface area contributed by atoms with Crippen molar-refractivity contribution in [2.24, 2.45) is 0 Å². The number of hydrogen-bond donors (Lipinski definition) is 3. The Morgan fingerprint density at radius 3 is 2.80 bits per heavy atom. The van der Waals surface area contributed by atoms with Crippen LogP contribution in [0.15, 0.2) is 36.8 Å². The van der Waals surface area contributed by atoms with E-state index < -0.39 is 6.03 Å². The molecule has 1 heterocycles. The van der Waals surface area contributed by atoms with Crippen molar-refractivity contribution >= 4 is 11.7 Å². The van der Waals surface area contributed by atoms with E-state index in [1.165, 1.54) is 24.3 Å². The molecule has 1 unspecified atom stereocenters. The summed E-state index contributed by atoms with van der Waals surface area (Å²) < 4.78 is 12.7. The van der Waals surface area contributed by atoms with E-state index in [-0.39, 0.29) is 11.9 Å². The second-order valence-electron chi connectivity index (χ2n) is 4.08. The Bertz CT molecular complexity index is 542. The van der Waals surface area contributed by atoms with Gasteiger partial charge in [0.15, 0.2) is 0 Å². The number of carbonyl (C=O) groups is 1. The zero-order valence-corrected chi connectivity index (χ0v) is 10.9. The maximum atomic E-state index is 12.7. The van der Waals surface area contributed by atoms with Crippen LogP contribution in [0.4, 0.5) is 14.9 Å². The van der Waals surface area contributed by atoms with Crippen molar-refractivity contribution in [2.45, 2.75) is 19.4 Å². The Kier molecular flexibility index (Phi) is 4.67. The van der Waals surface area contributed by atoms with Crippen molar-refractivity contribution in [1.82, 2.24) is 15.4 Å². The number of nitrogens with one attached hydrogen (secondary N) is 3. The lowest BCUT2D eigenvalue weighted by Crippen LogP contribution is -2.30. The highest BCUT2D eigenvalue weighted by atomic mass is 19.1. The van der Waals surface area contributed by atoms with E-state index in [1.54, 1.807) is 12.5 Å². The number of carbonyl (C=O) groups excluding carboxylic acids is 1. The van der Waals surface area contributed by atoms with E-state index in [0.29, 0.717) is 12.1 Å². The van der Waals surface area contributed by atoms with Crippen LogP contribution in [0.3, 0.4) is 0 Å². The summed E-state index contributed by atoms with van der Waals surface area (Å²) in [5.74, 6) is -0.363. The monoisotopic (exact) mass is 278 g/mol. The number of amides is 2. The smallest absolute Gasteiger partial charge is 0.343 e. The Labute approximate surface area is 115 Å². The highest BCUT2D eigenvalue weighted by Crippen LogP contribution is 2.16. The van der Waals surface area contributed by atoms with Gasteiger partial charge in [0.05, 0.1) is 18.2 Å². The van der Waals surface area contributed by atoms with Crippen LogP contribution in [0.1, 0.15) is 25.1 Å². The van der Waals surface area contributed by atoms with Gasteiger partial charge in [0.2, 0.25) is 0 Å². The molecule has 2 amide bonds. The van der Waals surface area contributed by atoms with Crippen LogP contribution in [-0.2, 0) is 4.84 Å². The zero-order valence-electron chi connectivity index (χ0n) is 10.9. The normalized spacial score (nSPS) is 11.9. The number of halogens is 1. The fourth-order valence-electron chi connectivity index (χ4n) is 1.62. The summed E-state index contributed by atoms with van der Waals surface area (Å²) in [4.78, 5) is 23.7. The molecule has 3 N–H and O–H groups in total. The Hall–Kier alpha value is -2.41. The lowest BCUT2D eigenvalue weighted by atomic mass is 10.2. The minimum absolute atomic E-state index is 0.309. The molecule has 2 aromatic rings. The number of urea groups is 1. The van der Waals surface area contributed by atoms with Crippen LogP contribution in [0, 0.1) is 5.82 Å². The van der Waals surface area contributed by atoms with Crippen LogP contribution in [-0.4, -0.2) is 16.0 Å². The van der Waals surface area contributed by atoms with Crippen molar-refractivity contribution < 1.29 is 14.0 Å². The quantitative estimate of drug-likeness (QED) is 0.736. The summed E-state index contributed by atoms with van der Waals surface area (Å²) in [5, 5.41) is 2.53. The molecule has 0 spiro atoms. The average Bonchev–Trinajstić information content (AvgIpc) is 2.96. The molecule has 6 nitrogen and oxygen atoms in total. The molecule has 0 saturated heterocycles. The van der Waals surface area contributed by atoms with E-state index in [0.717, 1.165) is 5.69 Å². The number of benzene rings is 1. The molecule has 0 radical (unpaired) electrons. The number of aromatic nitrogens is 2. The predicted octanol–water partition coefficient (Wildman–Crippen LogP) is 2.75. The Morgan fingerprint density at radius 1 is 1.45 bits per heavy atom. The highest BCUT2D eigenvalue weighted by molar-refractivity contribution is 5.88. The molecule has 0 fully saturated rings. The summed E-state index contributed by atoms with van der Waals surface area (Å²) in [5.41, 5.74) is 3.54. The van der Waals surface area contributed by atoms with Gasteiger partial charge in [-0.05, 0) is 30.7 Å². The zero-order chi connectivity index (χ0) is 14.4. The van der Waals surface area contributed by atoms with Crippen molar-refractivity contribution in [3.8, 4) is 0 Å². The summed E-state index contributed by atoms with van der Waals surface area (Å²) in [6.45, 7) is 1.92. The van der Waals surface area contributed by atoms with Crippen molar-refractivity contribution in [1.29, 1.82) is 0 Å². The van der Waals surface area contributed by atoms with Gasteiger partial charge in [0, 0.05) is 5.69 Å². The number of H-pyrrole nitrogens is 1. The molecule has 0 aliphatic heterocycles. The average molecular weight is 278 g/mol. The van der Waals surface area contributed by atoms with Crippen molar-refractivity contribution in [3.05, 3.63) is 48.3 Å². The number of nitrogens with zero attached hydrogens (tertiary/aromatic N) is 1. The number of hydroxylamine groups is 1. The lowest BCUT2D eigenvalue weighted by Gasteiger charge is -2.14. The second kappa shape index (κ2) is 6.67. The number of hydrogen-bond acceptors (Lipinski definition) is 3. The number of aromatic amines is 1. The Balaban J connectivity index is 1.84.